The maximum Gasteiger partial charge on any atom is 0.0366 e. The molecule has 0 aliphatic heterocycles. The van der Waals surface area contributed by atoms with Gasteiger partial charge in [-0.05, 0) is 108 Å². The Morgan fingerprint density at radius 1 is 0.346 bits per heavy atom. The molecule has 272 valence electrons. The summed E-state index contributed by atoms with van der Waals surface area (Å²) in [5.41, 5.74) is 12.7. The lowest BCUT2D eigenvalue weighted by Gasteiger charge is -2.25. The summed E-state index contributed by atoms with van der Waals surface area (Å²) in [6, 6.07) is 46.0. The highest BCUT2D eigenvalue weighted by molar-refractivity contribution is 5.82. The van der Waals surface area contributed by atoms with Gasteiger partial charge in [0.1, 0.15) is 0 Å². The van der Waals surface area contributed by atoms with Crippen molar-refractivity contribution in [2.75, 3.05) is 36.0 Å². The summed E-state index contributed by atoms with van der Waals surface area (Å²) in [4.78, 5) is 5.16. The molecule has 0 N–H and O–H groups in total. The van der Waals surface area contributed by atoms with E-state index in [1.807, 2.05) is 0 Å². The van der Waals surface area contributed by atoms with Gasteiger partial charge in [0.2, 0.25) is 0 Å². The Morgan fingerprint density at radius 3 is 0.846 bits per heavy atom. The molecule has 5 rings (SSSR count). The summed E-state index contributed by atoms with van der Waals surface area (Å²) in [7, 11) is 0. The maximum atomic E-state index is 2.58. The number of unbranched alkanes of at least 4 members (excludes halogenated alkanes) is 4. The monoisotopic (exact) mass is 690 g/mol. The molecule has 0 heterocycles. The fourth-order valence-electron chi connectivity index (χ4n) is 7.06. The second kappa shape index (κ2) is 19.9. The zero-order chi connectivity index (χ0) is 36.7. The zero-order valence-corrected chi connectivity index (χ0v) is 32.9. The molecule has 0 fully saturated rings. The molecule has 0 saturated carbocycles. The highest BCUT2D eigenvalue weighted by Gasteiger charge is 2.13. The molecule has 0 spiro atoms. The van der Waals surface area contributed by atoms with Crippen molar-refractivity contribution in [3.8, 4) is 0 Å². The molecule has 0 radical (unpaired) electrons. The third-order valence-electron chi connectivity index (χ3n) is 10.3. The number of aryl methyl sites for hydroxylation is 2. The van der Waals surface area contributed by atoms with Crippen LogP contribution in [-0.2, 0) is 0 Å². The molecule has 0 bridgehead atoms. The molecule has 5 aromatic carbocycles. The topological polar surface area (TPSA) is 6.48 Å². The number of benzene rings is 5. The van der Waals surface area contributed by atoms with E-state index in [0.717, 1.165) is 26.2 Å². The minimum atomic E-state index is 1.11. The van der Waals surface area contributed by atoms with Crippen LogP contribution in [0.25, 0.3) is 11.1 Å². The second-order valence-electron chi connectivity index (χ2n) is 14.5. The van der Waals surface area contributed by atoms with Crippen LogP contribution in [0, 0.1) is 13.8 Å². The van der Waals surface area contributed by atoms with Crippen molar-refractivity contribution in [1.82, 2.24) is 0 Å². The Balaban J connectivity index is 1.65. The van der Waals surface area contributed by atoms with Gasteiger partial charge < -0.3 is 9.80 Å². The molecule has 0 aromatic heterocycles. The van der Waals surface area contributed by atoms with Crippen LogP contribution < -0.4 is 20.2 Å². The summed E-state index contributed by atoms with van der Waals surface area (Å²) < 4.78 is 0. The lowest BCUT2D eigenvalue weighted by atomic mass is 9.92. The molecule has 0 atom stereocenters. The summed E-state index contributed by atoms with van der Waals surface area (Å²) in [5, 5.41) is 2.46. The van der Waals surface area contributed by atoms with E-state index in [1.54, 1.807) is 0 Å². The van der Waals surface area contributed by atoms with Crippen LogP contribution >= 0.6 is 0 Å². The van der Waals surface area contributed by atoms with Crippen molar-refractivity contribution >= 4 is 22.5 Å². The number of anilines is 2. The Bertz CT molecular complexity index is 1760. The van der Waals surface area contributed by atoms with Crippen LogP contribution in [0.15, 0.2) is 121 Å². The molecule has 0 amide bonds. The number of hydrogen-bond donors (Lipinski definition) is 0. The van der Waals surface area contributed by atoms with Gasteiger partial charge in [-0.25, -0.2) is 0 Å². The van der Waals surface area contributed by atoms with E-state index in [2.05, 4.69) is 173 Å². The lowest BCUT2D eigenvalue weighted by Crippen LogP contribution is -2.25. The first-order valence-corrected chi connectivity index (χ1v) is 20.1. The first-order valence-electron chi connectivity index (χ1n) is 20.1. The molecule has 0 unspecified atom stereocenters. The summed E-state index contributed by atoms with van der Waals surface area (Å²) >= 11 is 0. The number of rotatable bonds is 18. The maximum absolute atomic E-state index is 2.58. The summed E-state index contributed by atoms with van der Waals surface area (Å²) in [6.07, 6.45) is 9.74. The third kappa shape index (κ3) is 10.3. The van der Waals surface area contributed by atoms with Crippen molar-refractivity contribution < 1.29 is 0 Å². The molecular formula is C50H62N2. The highest BCUT2D eigenvalue weighted by Crippen LogP contribution is 2.27. The average molecular weight is 691 g/mol. The Morgan fingerprint density at radius 2 is 0.596 bits per heavy atom. The van der Waals surface area contributed by atoms with Crippen LogP contribution in [0.5, 0.6) is 0 Å². The van der Waals surface area contributed by atoms with Crippen molar-refractivity contribution in [3.63, 3.8) is 0 Å². The SMILES string of the molecule is CCCCN(CCCC)c1ccc(C(c2ccc(N(CCCC)CCCC)cc2)=c2ccc(=C(c3ccc(C)cc3)c3ccc(C)cc3)cc2)cc1. The average Bonchev–Trinajstić information content (AvgIpc) is 3.18. The van der Waals surface area contributed by atoms with Gasteiger partial charge in [0.25, 0.3) is 0 Å². The van der Waals surface area contributed by atoms with Crippen molar-refractivity contribution in [2.45, 2.75) is 92.9 Å². The second-order valence-corrected chi connectivity index (χ2v) is 14.5. The van der Waals surface area contributed by atoms with Gasteiger partial charge in [0.15, 0.2) is 0 Å². The van der Waals surface area contributed by atoms with Crippen LogP contribution in [0.3, 0.4) is 0 Å². The van der Waals surface area contributed by atoms with Gasteiger partial charge in [-0.1, -0.05) is 162 Å². The smallest absolute Gasteiger partial charge is 0.0366 e. The van der Waals surface area contributed by atoms with E-state index in [1.165, 1.54) is 118 Å². The van der Waals surface area contributed by atoms with Gasteiger partial charge in [-0.3, -0.25) is 0 Å². The molecule has 2 nitrogen and oxygen atoms in total. The van der Waals surface area contributed by atoms with Gasteiger partial charge in [0, 0.05) is 37.6 Å². The van der Waals surface area contributed by atoms with Crippen LogP contribution in [0.2, 0.25) is 0 Å². The van der Waals surface area contributed by atoms with Gasteiger partial charge in [-0.15, -0.1) is 0 Å². The predicted molar refractivity (Wildman–Crippen MR) is 228 cm³/mol. The van der Waals surface area contributed by atoms with Gasteiger partial charge in [0.05, 0.1) is 0 Å². The molecule has 0 aliphatic carbocycles. The largest absolute Gasteiger partial charge is 0.372 e. The van der Waals surface area contributed by atoms with E-state index in [0.29, 0.717) is 0 Å². The summed E-state index contributed by atoms with van der Waals surface area (Å²) in [6.45, 7) is 17.9. The van der Waals surface area contributed by atoms with E-state index in [-0.39, 0.29) is 0 Å². The molecule has 52 heavy (non-hydrogen) atoms. The summed E-state index contributed by atoms with van der Waals surface area (Å²) in [5.74, 6) is 0. The van der Waals surface area contributed by atoms with E-state index >= 15 is 0 Å². The Labute approximate surface area is 315 Å². The number of hydrogen-bond acceptors (Lipinski definition) is 2. The standard InChI is InChI=1S/C50H62N2/c1-7-11-35-51(36-12-8-2)47-31-27-45(28-32-47)50(46-29-33-48(34-30-46)52(37-13-9-3)38-14-10-4)44-25-23-43(24-26-44)49(41-19-15-39(5)16-20-41)42-21-17-40(6)18-22-42/h15-34H,7-14,35-38H2,1-6H3. The lowest BCUT2D eigenvalue weighted by molar-refractivity contribution is 0.678. The quantitative estimate of drug-likeness (QED) is 0.0903. The van der Waals surface area contributed by atoms with Crippen molar-refractivity contribution in [1.29, 1.82) is 0 Å². The van der Waals surface area contributed by atoms with E-state index in [4.69, 9.17) is 0 Å². The normalized spacial score (nSPS) is 11.0. The predicted octanol–water partition coefficient (Wildman–Crippen LogP) is 11.6. The van der Waals surface area contributed by atoms with Gasteiger partial charge in [-0.2, -0.15) is 0 Å². The minimum absolute atomic E-state index is 1.11. The third-order valence-corrected chi connectivity index (χ3v) is 10.3. The van der Waals surface area contributed by atoms with Gasteiger partial charge >= 0.3 is 0 Å². The first kappa shape index (κ1) is 38.7. The van der Waals surface area contributed by atoms with Crippen LogP contribution in [0.4, 0.5) is 11.4 Å². The Kier molecular flexibility index (Phi) is 14.8. The Hall–Kier alpha value is -4.56. The fraction of sp³-hybridized carbons (Fsp3) is 0.360. The molecular weight excluding hydrogens is 629 g/mol. The van der Waals surface area contributed by atoms with Crippen molar-refractivity contribution in [3.05, 3.63) is 165 Å². The fourth-order valence-corrected chi connectivity index (χ4v) is 7.06. The van der Waals surface area contributed by atoms with E-state index < -0.39 is 0 Å². The first-order chi connectivity index (χ1) is 25.4. The molecule has 5 aromatic rings. The van der Waals surface area contributed by atoms with Crippen LogP contribution in [0.1, 0.15) is 112 Å². The molecule has 2 heteroatoms. The molecule has 0 aliphatic rings. The molecule has 0 saturated heterocycles. The minimum Gasteiger partial charge on any atom is -0.372 e. The highest BCUT2D eigenvalue weighted by atomic mass is 15.1. The van der Waals surface area contributed by atoms with E-state index in [9.17, 15) is 0 Å². The zero-order valence-electron chi connectivity index (χ0n) is 32.9. The van der Waals surface area contributed by atoms with Crippen LogP contribution in [-0.4, -0.2) is 26.2 Å². The number of nitrogens with zero attached hydrogens (tertiary/aromatic N) is 2. The van der Waals surface area contributed by atoms with Crippen molar-refractivity contribution in [2.24, 2.45) is 0 Å².